The zero-order chi connectivity index (χ0) is 17.1. The van der Waals surface area contributed by atoms with Crippen molar-refractivity contribution in [2.75, 3.05) is 13.6 Å². The van der Waals surface area contributed by atoms with E-state index in [-0.39, 0.29) is 5.91 Å². The van der Waals surface area contributed by atoms with Gasteiger partial charge in [-0.05, 0) is 23.1 Å². The zero-order valence-electron chi connectivity index (χ0n) is 13.5. The lowest BCUT2D eigenvalue weighted by Gasteiger charge is -2.23. The fourth-order valence-corrected chi connectivity index (χ4v) is 2.94. The fraction of sp³-hybridized carbons (Fsp3) is 0.263. The minimum Gasteiger partial charge on any atom is -0.378 e. The van der Waals surface area contributed by atoms with Gasteiger partial charge in [-0.2, -0.15) is 0 Å². The van der Waals surface area contributed by atoms with Crippen LogP contribution in [0.2, 0.25) is 0 Å². The first-order chi connectivity index (χ1) is 11.6. The number of amides is 2. The Balaban J connectivity index is 1.87. The molecule has 0 radical (unpaired) electrons. The molecule has 2 aromatic rings. The van der Waals surface area contributed by atoms with E-state index < -0.39 is 18.1 Å². The number of aliphatic hydroxyl groups excluding tert-OH is 1. The summed E-state index contributed by atoms with van der Waals surface area (Å²) in [5.74, 6) is -0.752. The monoisotopic (exact) mass is 324 g/mol. The van der Waals surface area contributed by atoms with Gasteiger partial charge < -0.3 is 15.3 Å². The molecule has 0 unspecified atom stereocenters. The molecule has 2 aromatic carbocycles. The molecule has 0 aliphatic carbocycles. The summed E-state index contributed by atoms with van der Waals surface area (Å²) < 4.78 is 0. The van der Waals surface area contributed by atoms with Crippen molar-refractivity contribution in [1.82, 2.24) is 10.2 Å². The van der Waals surface area contributed by atoms with Gasteiger partial charge in [-0.15, -0.1) is 0 Å². The van der Waals surface area contributed by atoms with Gasteiger partial charge in [0.25, 0.3) is 5.91 Å². The van der Waals surface area contributed by atoms with Gasteiger partial charge in [0.05, 0.1) is 0 Å². The molecule has 2 N–H and O–H groups in total. The van der Waals surface area contributed by atoms with E-state index in [2.05, 4.69) is 5.32 Å². The van der Waals surface area contributed by atoms with E-state index in [1.54, 1.807) is 36.2 Å². The van der Waals surface area contributed by atoms with E-state index in [9.17, 15) is 14.7 Å². The molecule has 0 saturated carbocycles. The highest BCUT2D eigenvalue weighted by Gasteiger charge is 2.32. The number of carbonyl (C=O) groups excluding carboxylic acids is 2. The van der Waals surface area contributed by atoms with Gasteiger partial charge in [0, 0.05) is 13.6 Å². The topological polar surface area (TPSA) is 69.6 Å². The molecule has 1 aliphatic rings. The maximum Gasteiger partial charge on any atom is 0.254 e. The number of hydrogen-bond acceptors (Lipinski definition) is 3. The minimum absolute atomic E-state index is 0.173. The van der Waals surface area contributed by atoms with Crippen LogP contribution < -0.4 is 5.32 Å². The lowest BCUT2D eigenvalue weighted by atomic mass is 9.98. The summed E-state index contributed by atoms with van der Waals surface area (Å²) in [4.78, 5) is 26.7. The third kappa shape index (κ3) is 3.16. The Bertz CT molecular complexity index is 745. The molecule has 5 nitrogen and oxygen atoms in total. The highest BCUT2D eigenvalue weighted by molar-refractivity contribution is 5.91. The van der Waals surface area contributed by atoms with Crippen LogP contribution in [0.15, 0.2) is 54.6 Å². The largest absolute Gasteiger partial charge is 0.378 e. The van der Waals surface area contributed by atoms with Crippen molar-refractivity contribution in [2.45, 2.75) is 18.6 Å². The Hall–Kier alpha value is -2.66. The van der Waals surface area contributed by atoms with Crippen LogP contribution in [0.4, 0.5) is 0 Å². The van der Waals surface area contributed by atoms with E-state index >= 15 is 0 Å². The molecule has 0 bridgehead atoms. The lowest BCUT2D eigenvalue weighted by molar-refractivity contribution is -0.138. The van der Waals surface area contributed by atoms with Gasteiger partial charge in [0.2, 0.25) is 5.91 Å². The summed E-state index contributed by atoms with van der Waals surface area (Å²) in [7, 11) is 1.72. The molecule has 24 heavy (non-hydrogen) atoms. The summed E-state index contributed by atoms with van der Waals surface area (Å²) >= 11 is 0. The zero-order valence-corrected chi connectivity index (χ0v) is 13.5. The van der Waals surface area contributed by atoms with E-state index in [1.807, 2.05) is 30.3 Å². The molecule has 0 saturated heterocycles. The summed E-state index contributed by atoms with van der Waals surface area (Å²) in [5.41, 5.74) is 2.33. The predicted octanol–water partition coefficient (Wildman–Crippen LogP) is 1.59. The predicted molar refractivity (Wildman–Crippen MR) is 90.1 cm³/mol. The lowest BCUT2D eigenvalue weighted by Crippen LogP contribution is -2.42. The summed E-state index contributed by atoms with van der Waals surface area (Å²) in [6.07, 6.45) is -0.564. The Morgan fingerprint density at radius 1 is 1.17 bits per heavy atom. The second kappa shape index (κ2) is 6.84. The Morgan fingerprint density at radius 3 is 2.58 bits per heavy atom. The number of nitrogens with zero attached hydrogens (tertiary/aromatic N) is 1. The molecule has 3 rings (SSSR count). The summed E-state index contributed by atoms with van der Waals surface area (Å²) in [5, 5.41) is 13.0. The number of benzene rings is 2. The van der Waals surface area contributed by atoms with Crippen LogP contribution in [0.3, 0.4) is 0 Å². The molecular formula is C19H20N2O3. The van der Waals surface area contributed by atoms with Crippen molar-refractivity contribution in [3.05, 3.63) is 71.3 Å². The van der Waals surface area contributed by atoms with Crippen molar-refractivity contribution in [3.63, 3.8) is 0 Å². The number of fused-ring (bicyclic) bond motifs is 1. The van der Waals surface area contributed by atoms with Crippen LogP contribution in [0.5, 0.6) is 0 Å². The third-order valence-corrected chi connectivity index (χ3v) is 4.36. The first kappa shape index (κ1) is 16.2. The van der Waals surface area contributed by atoms with E-state index in [1.165, 1.54) is 0 Å². The van der Waals surface area contributed by atoms with Crippen molar-refractivity contribution < 1.29 is 14.7 Å². The second-order valence-electron chi connectivity index (χ2n) is 5.96. The average Bonchev–Trinajstić information content (AvgIpc) is 2.74. The third-order valence-electron chi connectivity index (χ3n) is 4.36. The Morgan fingerprint density at radius 2 is 1.83 bits per heavy atom. The molecule has 1 aliphatic heterocycles. The van der Waals surface area contributed by atoms with Gasteiger partial charge >= 0.3 is 0 Å². The standard InChI is InChI=1S/C19H20N2O3/c1-21-12-11-13-7-5-6-10-15(13)16(19(21)24)20-18(23)17(22)14-8-3-2-4-9-14/h2-10,16-17,22H,11-12H2,1H3,(H,20,23)/t16-,17-/m0/s1. The maximum absolute atomic E-state index is 12.6. The molecule has 2 atom stereocenters. The Kier molecular flexibility index (Phi) is 4.62. The molecule has 0 fully saturated rings. The van der Waals surface area contributed by atoms with Gasteiger partial charge in [0.1, 0.15) is 6.04 Å². The van der Waals surface area contributed by atoms with E-state index in [4.69, 9.17) is 0 Å². The van der Waals surface area contributed by atoms with Crippen LogP contribution in [-0.2, 0) is 16.0 Å². The maximum atomic E-state index is 12.6. The van der Waals surface area contributed by atoms with Crippen molar-refractivity contribution >= 4 is 11.8 Å². The van der Waals surface area contributed by atoms with Crippen LogP contribution in [0.25, 0.3) is 0 Å². The van der Waals surface area contributed by atoms with Crippen LogP contribution in [0, 0.1) is 0 Å². The smallest absolute Gasteiger partial charge is 0.254 e. The summed E-state index contributed by atoms with van der Waals surface area (Å²) in [6.45, 7) is 0.601. The normalized spacial score (nSPS) is 18.5. The molecule has 0 spiro atoms. The van der Waals surface area contributed by atoms with Crippen LogP contribution in [-0.4, -0.2) is 35.4 Å². The molecule has 1 heterocycles. The van der Waals surface area contributed by atoms with Gasteiger partial charge in [-0.3, -0.25) is 9.59 Å². The number of likely N-dealkylation sites (N-methyl/N-ethyl adjacent to an activating group) is 1. The highest BCUT2D eigenvalue weighted by Crippen LogP contribution is 2.25. The highest BCUT2D eigenvalue weighted by atomic mass is 16.3. The SMILES string of the molecule is CN1CCc2ccccc2[C@H](NC(=O)[C@@H](O)c2ccccc2)C1=O. The quantitative estimate of drug-likeness (QED) is 0.901. The molecule has 2 amide bonds. The van der Waals surface area contributed by atoms with Crippen molar-refractivity contribution in [2.24, 2.45) is 0 Å². The number of nitrogens with one attached hydrogen (secondary N) is 1. The Labute approximate surface area is 140 Å². The van der Waals surface area contributed by atoms with Gasteiger partial charge in [-0.25, -0.2) is 0 Å². The van der Waals surface area contributed by atoms with Crippen LogP contribution in [0.1, 0.15) is 28.8 Å². The van der Waals surface area contributed by atoms with E-state index in [0.29, 0.717) is 12.1 Å². The summed E-state index contributed by atoms with van der Waals surface area (Å²) in [6, 6.07) is 15.5. The molecule has 5 heteroatoms. The first-order valence-corrected chi connectivity index (χ1v) is 7.94. The average molecular weight is 324 g/mol. The van der Waals surface area contributed by atoms with E-state index in [0.717, 1.165) is 17.5 Å². The fourth-order valence-electron chi connectivity index (χ4n) is 2.94. The van der Waals surface area contributed by atoms with Crippen molar-refractivity contribution in [3.8, 4) is 0 Å². The number of rotatable bonds is 3. The molecule has 124 valence electrons. The van der Waals surface area contributed by atoms with Gasteiger partial charge in [0.15, 0.2) is 6.10 Å². The van der Waals surface area contributed by atoms with Gasteiger partial charge in [-0.1, -0.05) is 54.6 Å². The first-order valence-electron chi connectivity index (χ1n) is 7.94. The molecule has 0 aromatic heterocycles. The number of carbonyl (C=O) groups is 2. The number of hydrogen-bond donors (Lipinski definition) is 2. The second-order valence-corrected chi connectivity index (χ2v) is 5.96. The molecular weight excluding hydrogens is 304 g/mol. The van der Waals surface area contributed by atoms with Crippen molar-refractivity contribution in [1.29, 1.82) is 0 Å². The minimum atomic E-state index is -1.31. The number of aliphatic hydroxyl groups is 1. The van der Waals surface area contributed by atoms with Crippen LogP contribution >= 0.6 is 0 Å².